The van der Waals surface area contributed by atoms with E-state index in [1.807, 2.05) is 13.8 Å². The zero-order valence-corrected chi connectivity index (χ0v) is 13.4. The molecule has 5 nitrogen and oxygen atoms in total. The molecule has 1 atom stereocenters. The van der Waals surface area contributed by atoms with Gasteiger partial charge >= 0.3 is 6.09 Å². The van der Waals surface area contributed by atoms with Crippen LogP contribution in [0, 0.1) is 13.8 Å². The van der Waals surface area contributed by atoms with Gasteiger partial charge in [0.15, 0.2) is 0 Å². The van der Waals surface area contributed by atoms with Gasteiger partial charge in [0, 0.05) is 0 Å². The molecule has 1 amide bonds. The topological polar surface area (TPSA) is 78.8 Å². The van der Waals surface area contributed by atoms with Crippen molar-refractivity contribution in [1.82, 2.24) is 5.32 Å². The molecule has 0 aromatic heterocycles. The third-order valence-electron chi connectivity index (χ3n) is 3.07. The fourth-order valence-corrected chi connectivity index (χ4v) is 2.17. The van der Waals surface area contributed by atoms with Crippen LogP contribution in [0.2, 0.25) is 0 Å². The molecule has 0 radical (unpaired) electrons. The van der Waals surface area contributed by atoms with Gasteiger partial charge in [-0.2, -0.15) is 0 Å². The molecule has 0 unspecified atom stereocenters. The number of amides is 1. The van der Waals surface area contributed by atoms with E-state index in [1.54, 1.807) is 32.9 Å². The lowest BCUT2D eigenvalue weighted by atomic mass is 9.96. The number of aliphatic hydroxyl groups excluding tert-OH is 1. The smallest absolute Gasteiger partial charge is 0.407 e. The highest BCUT2D eigenvalue weighted by atomic mass is 16.6. The van der Waals surface area contributed by atoms with Crippen molar-refractivity contribution < 1.29 is 19.7 Å². The average Bonchev–Trinajstić information content (AvgIpc) is 2.29. The highest BCUT2D eigenvalue weighted by Crippen LogP contribution is 2.22. The highest BCUT2D eigenvalue weighted by Gasteiger charge is 2.20. The maximum absolute atomic E-state index is 11.8. The SMILES string of the molecule is Cc1cc(O)cc(C)c1C[C@@H](CO)NC(=O)OC(C)(C)C. The minimum absolute atomic E-state index is 0.182. The molecule has 0 aliphatic rings. The Hall–Kier alpha value is -1.75. The second kappa shape index (κ2) is 6.80. The molecule has 21 heavy (non-hydrogen) atoms. The number of benzene rings is 1. The van der Waals surface area contributed by atoms with Gasteiger partial charge in [0.25, 0.3) is 0 Å². The molecule has 0 fully saturated rings. The predicted octanol–water partition coefficient (Wildman–Crippen LogP) is 2.44. The molecule has 0 spiro atoms. The molecule has 0 aliphatic carbocycles. The van der Waals surface area contributed by atoms with Gasteiger partial charge in [-0.05, 0) is 69.9 Å². The molecule has 118 valence electrons. The Morgan fingerprint density at radius 3 is 2.24 bits per heavy atom. The largest absolute Gasteiger partial charge is 0.508 e. The molecule has 1 rings (SSSR count). The number of aliphatic hydroxyl groups is 1. The molecule has 5 heteroatoms. The predicted molar refractivity (Wildman–Crippen MR) is 81.5 cm³/mol. The molecule has 1 aromatic carbocycles. The molecule has 0 bridgehead atoms. The van der Waals surface area contributed by atoms with Crippen molar-refractivity contribution >= 4 is 6.09 Å². The zero-order valence-electron chi connectivity index (χ0n) is 13.4. The van der Waals surface area contributed by atoms with Crippen molar-refractivity contribution in [3.8, 4) is 5.75 Å². The van der Waals surface area contributed by atoms with E-state index in [4.69, 9.17) is 4.74 Å². The molecule has 1 aromatic rings. The van der Waals surface area contributed by atoms with Gasteiger partial charge in [-0.1, -0.05) is 0 Å². The second-order valence-electron chi connectivity index (χ2n) is 6.29. The number of aryl methyl sites for hydroxylation is 2. The maximum atomic E-state index is 11.8. The van der Waals surface area contributed by atoms with Gasteiger partial charge in [-0.3, -0.25) is 0 Å². The Bertz CT molecular complexity index is 482. The number of carbonyl (C=O) groups is 1. The Morgan fingerprint density at radius 1 is 1.29 bits per heavy atom. The van der Waals surface area contributed by atoms with Crippen LogP contribution in [0.3, 0.4) is 0 Å². The summed E-state index contributed by atoms with van der Waals surface area (Å²) in [5, 5.41) is 21.7. The molecule has 3 N–H and O–H groups in total. The van der Waals surface area contributed by atoms with Crippen molar-refractivity contribution in [2.75, 3.05) is 6.61 Å². The number of rotatable bonds is 4. The summed E-state index contributed by atoms with van der Waals surface area (Å²) >= 11 is 0. The summed E-state index contributed by atoms with van der Waals surface area (Å²) in [6, 6.07) is 2.91. The number of hydrogen-bond acceptors (Lipinski definition) is 4. The lowest BCUT2D eigenvalue weighted by Gasteiger charge is -2.23. The highest BCUT2D eigenvalue weighted by molar-refractivity contribution is 5.68. The molecular formula is C16H25NO4. The average molecular weight is 295 g/mol. The number of phenolic OH excluding ortho intramolecular Hbond substituents is 1. The normalized spacial score (nSPS) is 12.9. The van der Waals surface area contributed by atoms with Crippen LogP contribution in [0.15, 0.2) is 12.1 Å². The van der Waals surface area contributed by atoms with Gasteiger partial charge in [-0.15, -0.1) is 0 Å². The molecule has 0 saturated heterocycles. The zero-order chi connectivity index (χ0) is 16.2. The Morgan fingerprint density at radius 2 is 1.81 bits per heavy atom. The second-order valence-corrected chi connectivity index (χ2v) is 6.29. The first kappa shape index (κ1) is 17.3. The van der Waals surface area contributed by atoms with Crippen LogP contribution in [0.5, 0.6) is 5.75 Å². The number of carbonyl (C=O) groups excluding carboxylic acids is 1. The van der Waals surface area contributed by atoms with E-state index >= 15 is 0 Å². The fraction of sp³-hybridized carbons (Fsp3) is 0.562. The number of ether oxygens (including phenoxy) is 1. The summed E-state index contributed by atoms with van der Waals surface area (Å²) in [7, 11) is 0. The van der Waals surface area contributed by atoms with Crippen LogP contribution < -0.4 is 5.32 Å². The van der Waals surface area contributed by atoms with E-state index < -0.39 is 17.7 Å². The molecule has 0 heterocycles. The Kier molecular flexibility index (Phi) is 5.61. The first-order valence-electron chi connectivity index (χ1n) is 7.02. The minimum Gasteiger partial charge on any atom is -0.508 e. The fourth-order valence-electron chi connectivity index (χ4n) is 2.17. The van der Waals surface area contributed by atoms with Gasteiger partial charge in [0.05, 0.1) is 12.6 Å². The molecule has 0 saturated carbocycles. The van der Waals surface area contributed by atoms with Gasteiger partial charge in [-0.25, -0.2) is 4.79 Å². The summed E-state index contributed by atoms with van der Waals surface area (Å²) in [4.78, 5) is 11.8. The van der Waals surface area contributed by atoms with Crippen LogP contribution in [-0.4, -0.2) is 34.6 Å². The van der Waals surface area contributed by atoms with Gasteiger partial charge < -0.3 is 20.3 Å². The van der Waals surface area contributed by atoms with Crippen LogP contribution in [0.1, 0.15) is 37.5 Å². The quantitative estimate of drug-likeness (QED) is 0.797. The molecule has 0 aliphatic heterocycles. The van der Waals surface area contributed by atoms with E-state index in [9.17, 15) is 15.0 Å². The summed E-state index contributed by atoms with van der Waals surface area (Å²) in [5.74, 6) is 0.217. The molecular weight excluding hydrogens is 270 g/mol. The third kappa shape index (κ3) is 5.63. The standard InChI is InChI=1S/C16H25NO4/c1-10-6-13(19)7-11(2)14(10)8-12(9-18)17-15(20)21-16(3,4)5/h6-7,12,18-19H,8-9H2,1-5H3,(H,17,20)/t12-/m0/s1. The summed E-state index contributed by atoms with van der Waals surface area (Å²) in [6.07, 6.45) is -0.0659. The Labute approximate surface area is 125 Å². The van der Waals surface area contributed by atoms with E-state index in [2.05, 4.69) is 5.32 Å². The van der Waals surface area contributed by atoms with E-state index in [-0.39, 0.29) is 12.4 Å². The summed E-state index contributed by atoms with van der Waals surface area (Å²) < 4.78 is 5.19. The number of nitrogens with one attached hydrogen (secondary N) is 1. The minimum atomic E-state index is -0.575. The van der Waals surface area contributed by atoms with Crippen LogP contribution in [0.25, 0.3) is 0 Å². The number of hydrogen-bond donors (Lipinski definition) is 3. The van der Waals surface area contributed by atoms with E-state index in [0.29, 0.717) is 6.42 Å². The maximum Gasteiger partial charge on any atom is 0.407 e. The van der Waals surface area contributed by atoms with Crippen LogP contribution in [0.4, 0.5) is 4.79 Å². The van der Waals surface area contributed by atoms with Crippen molar-refractivity contribution in [3.05, 3.63) is 28.8 Å². The Balaban J connectivity index is 2.77. The lowest BCUT2D eigenvalue weighted by Crippen LogP contribution is -2.42. The van der Waals surface area contributed by atoms with E-state index in [0.717, 1.165) is 16.7 Å². The summed E-state index contributed by atoms with van der Waals surface area (Å²) in [6.45, 7) is 8.96. The van der Waals surface area contributed by atoms with Crippen LogP contribution >= 0.6 is 0 Å². The van der Waals surface area contributed by atoms with Crippen LogP contribution in [-0.2, 0) is 11.2 Å². The number of aromatic hydroxyl groups is 1. The van der Waals surface area contributed by atoms with Crippen molar-refractivity contribution in [2.24, 2.45) is 0 Å². The van der Waals surface area contributed by atoms with Crippen molar-refractivity contribution in [1.29, 1.82) is 0 Å². The van der Waals surface area contributed by atoms with Crippen molar-refractivity contribution in [2.45, 2.75) is 52.7 Å². The van der Waals surface area contributed by atoms with Gasteiger partial charge in [0.1, 0.15) is 11.4 Å². The van der Waals surface area contributed by atoms with Gasteiger partial charge in [0.2, 0.25) is 0 Å². The monoisotopic (exact) mass is 295 g/mol. The van der Waals surface area contributed by atoms with E-state index in [1.165, 1.54) is 0 Å². The number of alkyl carbamates (subject to hydrolysis) is 1. The third-order valence-corrected chi connectivity index (χ3v) is 3.07. The summed E-state index contributed by atoms with van der Waals surface area (Å²) in [5.41, 5.74) is 2.28. The first-order valence-corrected chi connectivity index (χ1v) is 7.02. The number of phenols is 1. The lowest BCUT2D eigenvalue weighted by molar-refractivity contribution is 0.0482. The first-order chi connectivity index (χ1) is 9.62. The van der Waals surface area contributed by atoms with Crippen molar-refractivity contribution in [3.63, 3.8) is 0 Å².